The Morgan fingerprint density at radius 3 is 2.15 bits per heavy atom. The van der Waals surface area contributed by atoms with Crippen LogP contribution >= 0.6 is 11.8 Å². The molecule has 20 heavy (non-hydrogen) atoms. The molecule has 0 aliphatic heterocycles. The zero-order chi connectivity index (χ0) is 14.0. The molecule has 4 saturated carbocycles. The van der Waals surface area contributed by atoms with Crippen molar-refractivity contribution in [3.8, 4) is 0 Å². The number of thioether (sulfide) groups is 1. The van der Waals surface area contributed by atoms with E-state index in [9.17, 15) is 0 Å². The molecule has 1 unspecified atom stereocenters. The summed E-state index contributed by atoms with van der Waals surface area (Å²) in [7, 11) is 2.22. The van der Waals surface area contributed by atoms with E-state index < -0.39 is 0 Å². The fraction of sp³-hybridized carbons (Fsp3) is 1.00. The molecule has 4 fully saturated rings. The quantitative estimate of drug-likeness (QED) is 0.651. The van der Waals surface area contributed by atoms with Crippen molar-refractivity contribution in [1.82, 2.24) is 5.32 Å². The molecule has 0 radical (unpaired) electrons. The van der Waals surface area contributed by atoms with Gasteiger partial charge in [0.25, 0.3) is 0 Å². The molecule has 0 spiro atoms. The highest BCUT2D eigenvalue weighted by atomic mass is 32.2. The van der Waals surface area contributed by atoms with E-state index in [4.69, 9.17) is 0 Å². The predicted octanol–water partition coefficient (Wildman–Crippen LogP) is 4.71. The van der Waals surface area contributed by atoms with Gasteiger partial charge in [0.2, 0.25) is 0 Å². The molecular weight excluding hydrogens is 262 g/mol. The van der Waals surface area contributed by atoms with Crippen molar-refractivity contribution >= 4 is 11.8 Å². The molecule has 0 aromatic rings. The highest BCUT2D eigenvalue weighted by Gasteiger charge is 2.53. The molecule has 4 bridgehead atoms. The van der Waals surface area contributed by atoms with E-state index in [1.165, 1.54) is 30.8 Å². The Labute approximate surface area is 130 Å². The van der Waals surface area contributed by atoms with Gasteiger partial charge < -0.3 is 5.32 Å². The number of hydrogen-bond donors (Lipinski definition) is 1. The first kappa shape index (κ1) is 15.2. The maximum Gasteiger partial charge on any atom is 0.0211 e. The van der Waals surface area contributed by atoms with Gasteiger partial charge in [0.15, 0.2) is 0 Å². The van der Waals surface area contributed by atoms with E-state index in [1.807, 2.05) is 0 Å². The van der Waals surface area contributed by atoms with Crippen molar-refractivity contribution < 1.29 is 0 Å². The summed E-state index contributed by atoms with van der Waals surface area (Å²) in [5.74, 6) is 5.98. The molecule has 0 amide bonds. The van der Waals surface area contributed by atoms with Gasteiger partial charge in [-0.05, 0) is 80.9 Å². The maximum atomic E-state index is 3.73. The van der Waals surface area contributed by atoms with Crippen LogP contribution in [0.4, 0.5) is 0 Å². The monoisotopic (exact) mass is 295 g/mol. The molecule has 4 aliphatic rings. The van der Waals surface area contributed by atoms with Crippen LogP contribution in [-0.4, -0.2) is 24.6 Å². The van der Waals surface area contributed by atoms with E-state index in [2.05, 4.69) is 31.1 Å². The zero-order valence-electron chi connectivity index (χ0n) is 13.5. The van der Waals surface area contributed by atoms with Gasteiger partial charge in [0.05, 0.1) is 0 Å². The van der Waals surface area contributed by atoms with Gasteiger partial charge in [-0.2, -0.15) is 11.8 Å². The van der Waals surface area contributed by atoms with E-state index in [0.29, 0.717) is 5.41 Å². The maximum absolute atomic E-state index is 3.73. The summed E-state index contributed by atoms with van der Waals surface area (Å²) >= 11 is 2.21. The third-order valence-electron chi connectivity index (χ3n) is 6.35. The number of unbranched alkanes of at least 4 members (excludes halogenated alkanes) is 2. The van der Waals surface area contributed by atoms with Gasteiger partial charge >= 0.3 is 0 Å². The van der Waals surface area contributed by atoms with Crippen molar-refractivity contribution in [2.24, 2.45) is 23.2 Å². The molecule has 116 valence electrons. The van der Waals surface area contributed by atoms with Crippen LogP contribution < -0.4 is 5.32 Å². The Morgan fingerprint density at radius 2 is 1.65 bits per heavy atom. The Hall–Kier alpha value is 0.310. The highest BCUT2D eigenvalue weighted by molar-refractivity contribution is 7.99. The lowest BCUT2D eigenvalue weighted by Gasteiger charge is -2.59. The minimum absolute atomic E-state index is 0.682. The average molecular weight is 296 g/mol. The third kappa shape index (κ3) is 3.06. The molecule has 1 N–H and O–H groups in total. The summed E-state index contributed by atoms with van der Waals surface area (Å²) in [6.07, 6.45) is 13.5. The van der Waals surface area contributed by atoms with Gasteiger partial charge in [-0.25, -0.2) is 0 Å². The predicted molar refractivity (Wildman–Crippen MR) is 90.3 cm³/mol. The van der Waals surface area contributed by atoms with Crippen molar-refractivity contribution in [3.05, 3.63) is 0 Å². The lowest BCUT2D eigenvalue weighted by atomic mass is 9.48. The van der Waals surface area contributed by atoms with Crippen LogP contribution in [0.2, 0.25) is 0 Å². The topological polar surface area (TPSA) is 12.0 Å². The lowest BCUT2D eigenvalue weighted by Crippen LogP contribution is -2.56. The van der Waals surface area contributed by atoms with Crippen molar-refractivity contribution in [2.75, 3.05) is 18.6 Å². The third-order valence-corrected chi connectivity index (χ3v) is 7.50. The van der Waals surface area contributed by atoms with Crippen LogP contribution in [0.15, 0.2) is 0 Å². The van der Waals surface area contributed by atoms with Gasteiger partial charge in [0, 0.05) is 11.8 Å². The van der Waals surface area contributed by atoms with Gasteiger partial charge in [-0.15, -0.1) is 0 Å². The molecule has 4 rings (SSSR count). The van der Waals surface area contributed by atoms with Gasteiger partial charge in [-0.1, -0.05) is 19.8 Å². The second kappa shape index (κ2) is 6.60. The normalized spacial score (nSPS) is 40.2. The average Bonchev–Trinajstić information content (AvgIpc) is 2.41. The number of nitrogens with one attached hydrogen (secondary N) is 1. The van der Waals surface area contributed by atoms with Crippen LogP contribution in [0.1, 0.15) is 64.7 Å². The first-order valence-corrected chi connectivity index (χ1v) is 10.2. The highest BCUT2D eigenvalue weighted by Crippen LogP contribution is 2.61. The summed E-state index contributed by atoms with van der Waals surface area (Å²) in [6.45, 7) is 2.30. The first-order valence-electron chi connectivity index (χ1n) is 9.00. The summed E-state index contributed by atoms with van der Waals surface area (Å²) in [5, 5.41) is 3.73. The first-order chi connectivity index (χ1) is 9.75. The second-order valence-corrected chi connectivity index (χ2v) is 9.05. The summed E-state index contributed by atoms with van der Waals surface area (Å²) in [4.78, 5) is 0. The van der Waals surface area contributed by atoms with Crippen LogP contribution in [-0.2, 0) is 0 Å². The number of rotatable bonds is 8. The second-order valence-electron chi connectivity index (χ2n) is 7.90. The molecule has 2 heteroatoms. The SMILES string of the molecule is CCCCCSCC(NC)C12CC3CC(CC(C3)C1)C2. The number of hydrogen-bond acceptors (Lipinski definition) is 2. The summed E-state index contributed by atoms with van der Waals surface area (Å²) in [6, 6.07) is 0.780. The van der Waals surface area contributed by atoms with Crippen LogP contribution in [0.5, 0.6) is 0 Å². The molecule has 0 saturated heterocycles. The standard InChI is InChI=1S/C18H33NS/c1-3-4-5-6-20-13-17(19-2)18-10-14-7-15(11-18)9-16(8-14)12-18/h14-17,19H,3-13H2,1-2H3. The van der Waals surface area contributed by atoms with E-state index in [1.54, 1.807) is 38.5 Å². The summed E-state index contributed by atoms with van der Waals surface area (Å²) in [5.41, 5.74) is 0.682. The zero-order valence-corrected chi connectivity index (χ0v) is 14.3. The molecule has 4 aliphatic carbocycles. The fourth-order valence-electron chi connectivity index (χ4n) is 5.83. The van der Waals surface area contributed by atoms with Crippen molar-refractivity contribution in [1.29, 1.82) is 0 Å². The molecular formula is C18H33NS. The minimum Gasteiger partial charge on any atom is -0.316 e. The molecule has 0 aromatic carbocycles. The van der Waals surface area contributed by atoms with Crippen molar-refractivity contribution in [2.45, 2.75) is 70.8 Å². The summed E-state index contributed by atoms with van der Waals surface area (Å²) < 4.78 is 0. The smallest absolute Gasteiger partial charge is 0.0211 e. The van der Waals surface area contributed by atoms with E-state index >= 15 is 0 Å². The van der Waals surface area contributed by atoms with Crippen LogP contribution in [0.25, 0.3) is 0 Å². The molecule has 1 atom stereocenters. The van der Waals surface area contributed by atoms with Crippen LogP contribution in [0.3, 0.4) is 0 Å². The van der Waals surface area contributed by atoms with Crippen LogP contribution in [0, 0.1) is 23.2 Å². The Bertz CT molecular complexity index is 279. The Kier molecular flexibility index (Phi) is 5.02. The molecule has 0 aromatic heterocycles. The van der Waals surface area contributed by atoms with E-state index in [0.717, 1.165) is 23.8 Å². The fourth-order valence-corrected chi connectivity index (χ4v) is 7.16. The van der Waals surface area contributed by atoms with Crippen molar-refractivity contribution in [3.63, 3.8) is 0 Å². The minimum atomic E-state index is 0.682. The Morgan fingerprint density at radius 1 is 1.05 bits per heavy atom. The molecule has 1 nitrogen and oxygen atoms in total. The van der Waals surface area contributed by atoms with Gasteiger partial charge in [0.1, 0.15) is 0 Å². The Balaban J connectivity index is 1.55. The lowest BCUT2D eigenvalue weighted by molar-refractivity contribution is -0.0682. The molecule has 0 heterocycles. The van der Waals surface area contributed by atoms with Gasteiger partial charge in [-0.3, -0.25) is 0 Å². The van der Waals surface area contributed by atoms with E-state index in [-0.39, 0.29) is 0 Å². The largest absolute Gasteiger partial charge is 0.316 e.